The van der Waals surface area contributed by atoms with Gasteiger partial charge in [0, 0.05) is 60.4 Å². The first kappa shape index (κ1) is 21.6. The lowest BCUT2D eigenvalue weighted by Gasteiger charge is -2.30. The van der Waals surface area contributed by atoms with Gasteiger partial charge in [0.25, 0.3) is 0 Å². The molecular formula is C22H33N5OS. The molecule has 7 heteroatoms. The summed E-state index contributed by atoms with van der Waals surface area (Å²) in [5, 5.41) is 7.28. The van der Waals surface area contributed by atoms with Crippen molar-refractivity contribution in [1.29, 1.82) is 0 Å². The van der Waals surface area contributed by atoms with Gasteiger partial charge in [-0.1, -0.05) is 37.6 Å². The number of guanidine groups is 1. The summed E-state index contributed by atoms with van der Waals surface area (Å²) >= 11 is 0. The molecule has 0 saturated heterocycles. The molecule has 6 nitrogen and oxygen atoms in total. The van der Waals surface area contributed by atoms with Crippen LogP contribution in [0.15, 0.2) is 41.7 Å². The van der Waals surface area contributed by atoms with E-state index in [0.29, 0.717) is 17.8 Å². The van der Waals surface area contributed by atoms with Crippen LogP contribution in [0.25, 0.3) is 0 Å². The van der Waals surface area contributed by atoms with Gasteiger partial charge in [-0.15, -0.1) is 0 Å². The summed E-state index contributed by atoms with van der Waals surface area (Å²) in [7, 11) is 1.09. The Morgan fingerprint density at radius 1 is 1.34 bits per heavy atom. The molecule has 1 heterocycles. The van der Waals surface area contributed by atoms with Crippen molar-refractivity contribution >= 4 is 16.8 Å². The largest absolute Gasteiger partial charge is 0.354 e. The molecule has 29 heavy (non-hydrogen) atoms. The van der Waals surface area contributed by atoms with Crippen molar-refractivity contribution in [2.24, 2.45) is 4.99 Å². The Labute approximate surface area is 176 Å². The molecule has 0 aliphatic heterocycles. The maximum Gasteiger partial charge on any atom is 0.191 e. The average Bonchev–Trinajstić information content (AvgIpc) is 3.15. The van der Waals surface area contributed by atoms with Gasteiger partial charge in [0.15, 0.2) is 5.96 Å². The zero-order valence-corrected chi connectivity index (χ0v) is 18.5. The maximum atomic E-state index is 12.2. The second-order valence-electron chi connectivity index (χ2n) is 7.65. The van der Waals surface area contributed by atoms with E-state index in [2.05, 4.69) is 49.4 Å². The summed E-state index contributed by atoms with van der Waals surface area (Å²) in [5.74, 6) is 2.58. The van der Waals surface area contributed by atoms with E-state index in [-0.39, 0.29) is 0 Å². The van der Waals surface area contributed by atoms with E-state index < -0.39 is 10.8 Å². The van der Waals surface area contributed by atoms with Crippen LogP contribution < -0.4 is 10.6 Å². The number of aliphatic imine (C=N–C) groups is 1. The summed E-state index contributed by atoms with van der Waals surface area (Å²) in [6.45, 7) is 5.57. The number of hydrogen-bond donors (Lipinski definition) is 2. The average molecular weight is 416 g/mol. The predicted molar refractivity (Wildman–Crippen MR) is 121 cm³/mol. The van der Waals surface area contributed by atoms with Crippen molar-refractivity contribution in [2.45, 2.75) is 63.9 Å². The third-order valence-corrected chi connectivity index (χ3v) is 7.32. The summed E-state index contributed by atoms with van der Waals surface area (Å²) in [5.41, 5.74) is 2.47. The molecule has 3 atom stereocenters. The highest BCUT2D eigenvalue weighted by atomic mass is 32.2. The van der Waals surface area contributed by atoms with Gasteiger partial charge in [0.05, 0.1) is 0 Å². The van der Waals surface area contributed by atoms with E-state index >= 15 is 0 Å². The van der Waals surface area contributed by atoms with E-state index in [9.17, 15) is 4.21 Å². The van der Waals surface area contributed by atoms with Gasteiger partial charge in [-0.05, 0) is 37.3 Å². The molecule has 3 rings (SSSR count). The molecule has 1 saturated carbocycles. The molecule has 158 valence electrons. The number of hydrogen-bond acceptors (Lipinski definition) is 3. The molecule has 1 aliphatic carbocycles. The zero-order chi connectivity index (χ0) is 20.6. The fraction of sp³-hybridized carbons (Fsp3) is 0.545. The lowest BCUT2D eigenvalue weighted by molar-refractivity contribution is 0.413. The van der Waals surface area contributed by atoms with Gasteiger partial charge in [-0.2, -0.15) is 0 Å². The van der Waals surface area contributed by atoms with Gasteiger partial charge in [0.1, 0.15) is 5.82 Å². The van der Waals surface area contributed by atoms with Crippen LogP contribution in [-0.2, 0) is 23.9 Å². The van der Waals surface area contributed by atoms with Gasteiger partial charge in [-0.3, -0.25) is 9.20 Å². The predicted octanol–water partition coefficient (Wildman–Crippen LogP) is 2.98. The molecular weight excluding hydrogens is 382 g/mol. The quantitative estimate of drug-likeness (QED) is 0.539. The first-order valence-electron chi connectivity index (χ1n) is 10.5. The van der Waals surface area contributed by atoms with Gasteiger partial charge in [0.2, 0.25) is 0 Å². The lowest BCUT2D eigenvalue weighted by atomic mass is 9.95. The number of rotatable bonds is 7. The van der Waals surface area contributed by atoms with Crippen LogP contribution in [0.5, 0.6) is 0 Å². The van der Waals surface area contributed by atoms with Crippen molar-refractivity contribution in [3.8, 4) is 0 Å². The van der Waals surface area contributed by atoms with Crippen LogP contribution in [0.2, 0.25) is 0 Å². The van der Waals surface area contributed by atoms with E-state index in [1.54, 1.807) is 7.05 Å². The molecule has 2 N–H and O–H groups in total. The summed E-state index contributed by atoms with van der Waals surface area (Å²) in [6, 6.07) is 8.94. The third-order valence-electron chi connectivity index (χ3n) is 5.57. The molecule has 1 aliphatic rings. The highest BCUT2D eigenvalue weighted by Gasteiger charge is 2.26. The van der Waals surface area contributed by atoms with E-state index in [1.807, 2.05) is 26.2 Å². The van der Waals surface area contributed by atoms with Gasteiger partial charge in [-0.25, -0.2) is 4.98 Å². The minimum Gasteiger partial charge on any atom is -0.354 e. The molecule has 1 aromatic carbocycles. The molecule has 0 spiro atoms. The lowest BCUT2D eigenvalue weighted by Crippen LogP contribution is -2.46. The molecule has 1 aromatic heterocycles. The fourth-order valence-electron chi connectivity index (χ4n) is 3.93. The first-order chi connectivity index (χ1) is 14.1. The fourth-order valence-corrected chi connectivity index (χ4v) is 5.28. The highest BCUT2D eigenvalue weighted by Crippen LogP contribution is 2.23. The number of aromatic nitrogens is 2. The topological polar surface area (TPSA) is 71.3 Å². The molecule has 3 unspecified atom stereocenters. The standard InChI is InChI=1S/C22H33N5OS/c1-4-29(28)21-10-6-9-20(14-21)26-22(23-3)25-15-18-7-5-8-19(13-18)16-27-12-11-24-17(27)2/h5,7-8,11-13,20-21H,4,6,9-10,14-16H2,1-3H3,(H2,23,25,26). The van der Waals surface area contributed by atoms with Crippen LogP contribution in [-0.4, -0.2) is 43.8 Å². The number of aryl methyl sites for hydroxylation is 1. The van der Waals surface area contributed by atoms with E-state index in [1.165, 1.54) is 11.1 Å². The van der Waals surface area contributed by atoms with Crippen molar-refractivity contribution in [1.82, 2.24) is 20.2 Å². The van der Waals surface area contributed by atoms with Crippen molar-refractivity contribution < 1.29 is 4.21 Å². The molecule has 2 aromatic rings. The molecule has 1 fully saturated rings. The van der Waals surface area contributed by atoms with Crippen LogP contribution in [0.1, 0.15) is 49.6 Å². The number of nitrogens with one attached hydrogen (secondary N) is 2. The normalized spacial score (nSPS) is 21.0. The van der Waals surface area contributed by atoms with Gasteiger partial charge < -0.3 is 15.2 Å². The summed E-state index contributed by atoms with van der Waals surface area (Å²) < 4.78 is 14.3. The summed E-state index contributed by atoms with van der Waals surface area (Å²) in [6.07, 6.45) is 8.12. The van der Waals surface area contributed by atoms with E-state index in [0.717, 1.165) is 49.8 Å². The number of imidazole rings is 1. The maximum absolute atomic E-state index is 12.2. The minimum absolute atomic E-state index is 0.313. The summed E-state index contributed by atoms with van der Waals surface area (Å²) in [4.78, 5) is 8.68. The van der Waals surface area contributed by atoms with E-state index in [4.69, 9.17) is 0 Å². The minimum atomic E-state index is -0.709. The number of nitrogens with zero attached hydrogens (tertiary/aromatic N) is 3. The Hall–Kier alpha value is -2.15. The smallest absolute Gasteiger partial charge is 0.191 e. The molecule has 0 radical (unpaired) electrons. The zero-order valence-electron chi connectivity index (χ0n) is 17.7. The molecule has 0 amide bonds. The molecule has 0 bridgehead atoms. The Morgan fingerprint density at radius 3 is 2.90 bits per heavy atom. The second-order valence-corrected chi connectivity index (χ2v) is 9.65. The SMILES string of the molecule is CCS(=O)C1CCCC(NC(=NC)NCc2cccc(Cn3ccnc3C)c2)C1. The monoisotopic (exact) mass is 415 g/mol. The highest BCUT2D eigenvalue weighted by molar-refractivity contribution is 7.85. The van der Waals surface area contributed by atoms with Gasteiger partial charge >= 0.3 is 0 Å². The Bertz CT molecular complexity index is 847. The Balaban J connectivity index is 1.53. The van der Waals surface area contributed by atoms with Crippen molar-refractivity contribution in [2.75, 3.05) is 12.8 Å². The van der Waals surface area contributed by atoms with Crippen LogP contribution in [0.3, 0.4) is 0 Å². The Kier molecular flexibility index (Phi) is 7.86. The number of benzene rings is 1. The van der Waals surface area contributed by atoms with Crippen molar-refractivity contribution in [3.63, 3.8) is 0 Å². The van der Waals surface area contributed by atoms with Crippen LogP contribution in [0, 0.1) is 6.92 Å². The Morgan fingerprint density at radius 2 is 2.17 bits per heavy atom. The first-order valence-corrected chi connectivity index (χ1v) is 11.9. The second kappa shape index (κ2) is 10.6. The third kappa shape index (κ3) is 6.16. The van der Waals surface area contributed by atoms with Crippen LogP contribution in [0.4, 0.5) is 0 Å². The van der Waals surface area contributed by atoms with Crippen molar-refractivity contribution in [3.05, 3.63) is 53.6 Å². The van der Waals surface area contributed by atoms with Crippen LogP contribution >= 0.6 is 0 Å².